The molecule has 0 saturated carbocycles. The molecular formula is C18H20N2S. The molecule has 2 aromatic carbocycles. The van der Waals surface area contributed by atoms with Crippen LogP contribution in [0.3, 0.4) is 0 Å². The molecule has 0 aliphatic rings. The Morgan fingerprint density at radius 3 is 2.67 bits per heavy atom. The van der Waals surface area contributed by atoms with Gasteiger partial charge in [-0.25, -0.2) is 4.98 Å². The van der Waals surface area contributed by atoms with E-state index in [0.29, 0.717) is 10.5 Å². The zero-order valence-electron chi connectivity index (χ0n) is 12.4. The molecule has 1 aromatic heterocycles. The minimum atomic E-state index is 0.435. The fourth-order valence-corrected chi connectivity index (χ4v) is 3.93. The Hall–Kier alpha value is -1.74. The highest BCUT2D eigenvalue weighted by molar-refractivity contribution is 8.00. The van der Waals surface area contributed by atoms with Gasteiger partial charge in [0, 0.05) is 24.2 Å². The van der Waals surface area contributed by atoms with Crippen LogP contribution in [0.1, 0.15) is 24.7 Å². The molecule has 0 aliphatic heterocycles. The maximum atomic E-state index is 4.16. The van der Waals surface area contributed by atoms with Gasteiger partial charge in [0.1, 0.15) is 0 Å². The summed E-state index contributed by atoms with van der Waals surface area (Å²) in [7, 11) is 0. The van der Waals surface area contributed by atoms with Crippen LogP contribution in [0.4, 0.5) is 0 Å². The van der Waals surface area contributed by atoms with E-state index in [1.807, 2.05) is 30.5 Å². The van der Waals surface area contributed by atoms with Gasteiger partial charge in [0.2, 0.25) is 0 Å². The van der Waals surface area contributed by atoms with Gasteiger partial charge in [-0.05, 0) is 21.6 Å². The lowest BCUT2D eigenvalue weighted by Gasteiger charge is -2.21. The Labute approximate surface area is 130 Å². The first-order valence-electron chi connectivity index (χ1n) is 7.33. The Morgan fingerprint density at radius 1 is 1.10 bits per heavy atom. The second-order valence-electron chi connectivity index (χ2n) is 5.50. The van der Waals surface area contributed by atoms with Gasteiger partial charge in [-0.3, -0.25) is 0 Å². The lowest BCUT2D eigenvalue weighted by Crippen LogP contribution is -2.08. The summed E-state index contributed by atoms with van der Waals surface area (Å²) in [5.74, 6) is 0. The normalized spacial score (nSPS) is 12.9. The van der Waals surface area contributed by atoms with Crippen molar-refractivity contribution in [3.05, 3.63) is 66.7 Å². The molecule has 2 nitrogen and oxygen atoms in total. The second kappa shape index (κ2) is 6.35. The Kier molecular flexibility index (Phi) is 4.30. The molecular weight excluding hydrogens is 276 g/mol. The summed E-state index contributed by atoms with van der Waals surface area (Å²) in [6, 6.07) is 15.3. The second-order valence-corrected chi connectivity index (χ2v) is 7.29. The van der Waals surface area contributed by atoms with Crippen molar-refractivity contribution in [3.8, 4) is 0 Å². The van der Waals surface area contributed by atoms with Crippen molar-refractivity contribution in [2.45, 2.75) is 30.9 Å². The van der Waals surface area contributed by atoms with Crippen molar-refractivity contribution in [2.24, 2.45) is 0 Å². The number of hydrogen-bond acceptors (Lipinski definition) is 2. The van der Waals surface area contributed by atoms with Crippen LogP contribution in [0, 0.1) is 0 Å². The van der Waals surface area contributed by atoms with E-state index in [2.05, 4.69) is 65.9 Å². The molecule has 21 heavy (non-hydrogen) atoms. The summed E-state index contributed by atoms with van der Waals surface area (Å²) < 4.78 is 2.17. The Bertz CT molecular complexity index is 699. The van der Waals surface area contributed by atoms with E-state index in [1.165, 1.54) is 16.3 Å². The number of aromatic nitrogens is 2. The third kappa shape index (κ3) is 3.30. The van der Waals surface area contributed by atoms with Crippen LogP contribution in [-0.4, -0.2) is 14.8 Å². The number of thioether (sulfide) groups is 1. The number of nitrogens with zero attached hydrogens (tertiary/aromatic N) is 2. The fourth-order valence-electron chi connectivity index (χ4n) is 2.66. The molecule has 0 spiro atoms. The maximum Gasteiger partial charge on any atom is 0.0946 e. The summed E-state index contributed by atoms with van der Waals surface area (Å²) in [5, 5.41) is 3.70. The molecule has 1 atom stereocenters. The predicted octanol–water partition coefficient (Wildman–Crippen LogP) is 4.92. The van der Waals surface area contributed by atoms with Crippen molar-refractivity contribution in [2.75, 3.05) is 0 Å². The van der Waals surface area contributed by atoms with Gasteiger partial charge in [-0.1, -0.05) is 56.3 Å². The third-order valence-corrected chi connectivity index (χ3v) is 4.82. The van der Waals surface area contributed by atoms with E-state index in [9.17, 15) is 0 Å². The molecule has 3 aromatic rings. The van der Waals surface area contributed by atoms with E-state index in [0.717, 1.165) is 6.54 Å². The van der Waals surface area contributed by atoms with Crippen LogP contribution in [0.15, 0.2) is 61.2 Å². The Balaban J connectivity index is 2.01. The maximum absolute atomic E-state index is 4.16. The fraction of sp³-hybridized carbons (Fsp3) is 0.278. The largest absolute Gasteiger partial charge is 0.336 e. The highest BCUT2D eigenvalue weighted by Crippen LogP contribution is 2.37. The van der Waals surface area contributed by atoms with Crippen LogP contribution in [0.25, 0.3) is 10.8 Å². The van der Waals surface area contributed by atoms with Gasteiger partial charge in [-0.15, -0.1) is 11.8 Å². The number of hydrogen-bond donors (Lipinski definition) is 0. The van der Waals surface area contributed by atoms with Gasteiger partial charge < -0.3 is 4.57 Å². The summed E-state index contributed by atoms with van der Waals surface area (Å²) in [5.41, 5.74) is 1.42. The summed E-state index contributed by atoms with van der Waals surface area (Å²) in [4.78, 5) is 4.16. The first-order valence-corrected chi connectivity index (χ1v) is 8.27. The summed E-state index contributed by atoms with van der Waals surface area (Å²) in [6.07, 6.45) is 5.79. The van der Waals surface area contributed by atoms with E-state index in [4.69, 9.17) is 0 Å². The molecule has 1 unspecified atom stereocenters. The average molecular weight is 296 g/mol. The van der Waals surface area contributed by atoms with E-state index in [1.54, 1.807) is 0 Å². The molecule has 3 rings (SSSR count). The van der Waals surface area contributed by atoms with Crippen LogP contribution >= 0.6 is 11.8 Å². The lowest BCUT2D eigenvalue weighted by molar-refractivity contribution is 0.684. The van der Waals surface area contributed by atoms with E-state index < -0.39 is 0 Å². The minimum Gasteiger partial charge on any atom is -0.336 e. The first-order chi connectivity index (χ1) is 10.2. The molecule has 0 amide bonds. The van der Waals surface area contributed by atoms with E-state index in [-0.39, 0.29) is 0 Å². The zero-order chi connectivity index (χ0) is 14.7. The van der Waals surface area contributed by atoms with Crippen LogP contribution < -0.4 is 0 Å². The van der Waals surface area contributed by atoms with Gasteiger partial charge in [-0.2, -0.15) is 0 Å². The average Bonchev–Trinajstić information content (AvgIpc) is 2.98. The molecule has 0 fully saturated rings. The summed E-state index contributed by atoms with van der Waals surface area (Å²) >= 11 is 2.02. The number of rotatable bonds is 5. The zero-order valence-corrected chi connectivity index (χ0v) is 13.3. The lowest BCUT2D eigenvalue weighted by atomic mass is 10.0. The smallest absolute Gasteiger partial charge is 0.0946 e. The molecule has 0 radical (unpaired) electrons. The topological polar surface area (TPSA) is 17.8 Å². The van der Waals surface area contributed by atoms with Crippen LogP contribution in [0.2, 0.25) is 0 Å². The van der Waals surface area contributed by atoms with E-state index >= 15 is 0 Å². The SMILES string of the molecule is CC(C)SC(Cn1ccnc1)c1cccc2ccccc12. The number of benzene rings is 2. The minimum absolute atomic E-state index is 0.435. The molecule has 0 N–H and O–H groups in total. The van der Waals surface area contributed by atoms with Gasteiger partial charge in [0.15, 0.2) is 0 Å². The Morgan fingerprint density at radius 2 is 1.90 bits per heavy atom. The molecule has 0 aliphatic carbocycles. The van der Waals surface area contributed by atoms with Crippen LogP contribution in [-0.2, 0) is 6.54 Å². The third-order valence-electron chi connectivity index (χ3n) is 3.54. The molecule has 0 bridgehead atoms. The van der Waals surface area contributed by atoms with Crippen LogP contribution in [0.5, 0.6) is 0 Å². The number of fused-ring (bicyclic) bond motifs is 1. The van der Waals surface area contributed by atoms with Crippen molar-refractivity contribution in [1.82, 2.24) is 9.55 Å². The van der Waals surface area contributed by atoms with Crippen molar-refractivity contribution < 1.29 is 0 Å². The highest BCUT2D eigenvalue weighted by Gasteiger charge is 2.17. The monoisotopic (exact) mass is 296 g/mol. The van der Waals surface area contributed by atoms with Crippen molar-refractivity contribution >= 4 is 22.5 Å². The predicted molar refractivity (Wildman–Crippen MR) is 91.6 cm³/mol. The van der Waals surface area contributed by atoms with Crippen molar-refractivity contribution in [1.29, 1.82) is 0 Å². The first kappa shape index (κ1) is 14.2. The molecule has 108 valence electrons. The van der Waals surface area contributed by atoms with Gasteiger partial charge in [0.25, 0.3) is 0 Å². The molecule has 3 heteroatoms. The molecule has 1 heterocycles. The standard InChI is InChI=1S/C18H20N2S/c1-14(2)21-18(12-20-11-10-19-13-20)17-9-5-7-15-6-3-4-8-16(15)17/h3-11,13-14,18H,12H2,1-2H3. The van der Waals surface area contributed by atoms with Gasteiger partial charge >= 0.3 is 0 Å². The quantitative estimate of drug-likeness (QED) is 0.665. The summed E-state index contributed by atoms with van der Waals surface area (Å²) in [6.45, 7) is 5.48. The highest BCUT2D eigenvalue weighted by atomic mass is 32.2. The van der Waals surface area contributed by atoms with Crippen molar-refractivity contribution in [3.63, 3.8) is 0 Å². The number of imidazole rings is 1. The molecule has 0 saturated heterocycles. The van der Waals surface area contributed by atoms with Gasteiger partial charge in [0.05, 0.1) is 6.33 Å².